The molecule has 3 aliphatic rings. The molecule has 144 valence electrons. The molecule has 4 atom stereocenters. The Balaban J connectivity index is 1.29. The SMILES string of the molecule is N[C@H]1C[C@@H](N2Cc3nc4n(c3C2)CCC4O)CO[C@@H]1c1cc(F)ccc1F. The Labute approximate surface area is 155 Å². The molecule has 0 bridgehead atoms. The highest BCUT2D eigenvalue weighted by Crippen LogP contribution is 2.36. The first-order valence-electron chi connectivity index (χ1n) is 9.33. The van der Waals surface area contributed by atoms with Crippen LogP contribution < -0.4 is 5.73 Å². The summed E-state index contributed by atoms with van der Waals surface area (Å²) in [7, 11) is 0. The molecular formula is C19H22F2N4O2. The van der Waals surface area contributed by atoms with Crippen LogP contribution in [0.1, 0.15) is 47.8 Å². The Hall–Kier alpha value is -1.87. The summed E-state index contributed by atoms with van der Waals surface area (Å²) in [5, 5.41) is 9.98. The summed E-state index contributed by atoms with van der Waals surface area (Å²) >= 11 is 0. The van der Waals surface area contributed by atoms with Gasteiger partial charge in [0.1, 0.15) is 29.7 Å². The Bertz CT molecular complexity index is 887. The number of aliphatic hydroxyl groups excluding tert-OH is 1. The van der Waals surface area contributed by atoms with Gasteiger partial charge in [0.2, 0.25) is 0 Å². The third-order valence-electron chi connectivity index (χ3n) is 6.00. The molecule has 0 saturated carbocycles. The number of fused-ring (bicyclic) bond motifs is 3. The lowest BCUT2D eigenvalue weighted by Gasteiger charge is -2.38. The highest BCUT2D eigenvalue weighted by Gasteiger charge is 2.39. The maximum Gasteiger partial charge on any atom is 0.138 e. The van der Waals surface area contributed by atoms with E-state index in [0.29, 0.717) is 26.0 Å². The van der Waals surface area contributed by atoms with E-state index in [4.69, 9.17) is 10.5 Å². The molecule has 0 radical (unpaired) electrons. The van der Waals surface area contributed by atoms with Gasteiger partial charge in [0, 0.05) is 37.3 Å². The van der Waals surface area contributed by atoms with Crippen molar-refractivity contribution in [1.82, 2.24) is 14.5 Å². The lowest BCUT2D eigenvalue weighted by atomic mass is 9.93. The summed E-state index contributed by atoms with van der Waals surface area (Å²) in [4.78, 5) is 6.88. The van der Waals surface area contributed by atoms with Crippen molar-refractivity contribution < 1.29 is 18.6 Å². The fourth-order valence-electron chi connectivity index (χ4n) is 4.60. The van der Waals surface area contributed by atoms with Crippen molar-refractivity contribution in [3.8, 4) is 0 Å². The largest absolute Gasteiger partial charge is 0.385 e. The molecule has 1 aromatic heterocycles. The number of ether oxygens (including phenoxy) is 1. The number of nitrogens with two attached hydrogens (primary N) is 1. The molecule has 3 N–H and O–H groups in total. The molecule has 1 aromatic carbocycles. The number of benzene rings is 1. The second-order valence-corrected chi connectivity index (χ2v) is 7.70. The maximum atomic E-state index is 14.1. The highest BCUT2D eigenvalue weighted by atomic mass is 19.1. The number of rotatable bonds is 2. The summed E-state index contributed by atoms with van der Waals surface area (Å²) in [5.41, 5.74) is 8.64. The Morgan fingerprint density at radius 1 is 1.26 bits per heavy atom. The molecule has 4 heterocycles. The van der Waals surface area contributed by atoms with E-state index in [-0.39, 0.29) is 11.6 Å². The topological polar surface area (TPSA) is 76.5 Å². The standard InChI is InChI=1S/C19H22F2N4O2/c20-10-1-2-13(21)12(5-10)18-14(22)6-11(9-27-18)24-7-15-16(8-24)25-4-3-17(26)19(25)23-15/h1-2,5,11,14,17-18,26H,3-4,6-9,22H2/t11-,14+,17?,18-/m1/s1. The van der Waals surface area contributed by atoms with E-state index < -0.39 is 29.9 Å². The average molecular weight is 376 g/mol. The molecule has 0 aliphatic carbocycles. The maximum absolute atomic E-state index is 14.1. The van der Waals surface area contributed by atoms with Gasteiger partial charge in [0.25, 0.3) is 0 Å². The fourth-order valence-corrected chi connectivity index (χ4v) is 4.60. The molecule has 3 aliphatic heterocycles. The smallest absolute Gasteiger partial charge is 0.138 e. The Morgan fingerprint density at radius 3 is 2.93 bits per heavy atom. The summed E-state index contributed by atoms with van der Waals surface area (Å²) in [6.07, 6.45) is 0.254. The number of halogens is 2. The van der Waals surface area contributed by atoms with Crippen LogP contribution in [0.5, 0.6) is 0 Å². The monoisotopic (exact) mass is 376 g/mol. The number of aromatic nitrogens is 2. The van der Waals surface area contributed by atoms with Gasteiger partial charge >= 0.3 is 0 Å². The lowest BCUT2D eigenvalue weighted by molar-refractivity contribution is -0.0535. The van der Waals surface area contributed by atoms with Gasteiger partial charge in [-0.1, -0.05) is 0 Å². The van der Waals surface area contributed by atoms with Crippen molar-refractivity contribution in [3.05, 3.63) is 52.6 Å². The van der Waals surface area contributed by atoms with Crippen molar-refractivity contribution in [2.24, 2.45) is 5.73 Å². The van der Waals surface area contributed by atoms with Crippen LogP contribution in [0.4, 0.5) is 8.78 Å². The number of hydrogen-bond acceptors (Lipinski definition) is 5. The molecule has 6 nitrogen and oxygen atoms in total. The van der Waals surface area contributed by atoms with Gasteiger partial charge in [-0.3, -0.25) is 4.90 Å². The van der Waals surface area contributed by atoms with Gasteiger partial charge in [-0.05, 0) is 31.0 Å². The molecule has 1 saturated heterocycles. The van der Waals surface area contributed by atoms with Crippen LogP contribution in [-0.2, 0) is 24.4 Å². The predicted molar refractivity (Wildman–Crippen MR) is 92.5 cm³/mol. The van der Waals surface area contributed by atoms with E-state index in [2.05, 4.69) is 14.5 Å². The van der Waals surface area contributed by atoms with Gasteiger partial charge in [0.05, 0.1) is 18.0 Å². The zero-order valence-electron chi connectivity index (χ0n) is 14.8. The van der Waals surface area contributed by atoms with Crippen molar-refractivity contribution in [1.29, 1.82) is 0 Å². The minimum absolute atomic E-state index is 0.102. The predicted octanol–water partition coefficient (Wildman–Crippen LogP) is 1.77. The second-order valence-electron chi connectivity index (χ2n) is 7.70. The first-order chi connectivity index (χ1) is 13.0. The lowest BCUT2D eigenvalue weighted by Crippen LogP contribution is -2.47. The molecule has 0 spiro atoms. The van der Waals surface area contributed by atoms with Crippen molar-refractivity contribution in [2.75, 3.05) is 6.61 Å². The minimum atomic E-state index is -0.641. The molecular weight excluding hydrogens is 354 g/mol. The van der Waals surface area contributed by atoms with Crippen LogP contribution in [0.15, 0.2) is 18.2 Å². The van der Waals surface area contributed by atoms with Crippen molar-refractivity contribution >= 4 is 0 Å². The average Bonchev–Trinajstić information content (AvgIpc) is 3.30. The molecule has 0 amide bonds. The number of nitrogens with zero attached hydrogens (tertiary/aromatic N) is 3. The van der Waals surface area contributed by atoms with Crippen LogP contribution in [-0.4, -0.2) is 38.2 Å². The molecule has 27 heavy (non-hydrogen) atoms. The zero-order valence-corrected chi connectivity index (χ0v) is 14.8. The van der Waals surface area contributed by atoms with Gasteiger partial charge < -0.3 is 20.1 Å². The van der Waals surface area contributed by atoms with E-state index in [1.54, 1.807) is 0 Å². The van der Waals surface area contributed by atoms with Crippen LogP contribution in [0.25, 0.3) is 0 Å². The second kappa shape index (κ2) is 6.34. The first kappa shape index (κ1) is 17.2. The minimum Gasteiger partial charge on any atom is -0.385 e. The van der Waals surface area contributed by atoms with Crippen LogP contribution >= 0.6 is 0 Å². The summed E-state index contributed by atoms with van der Waals surface area (Å²) in [6, 6.07) is 3.06. The van der Waals surface area contributed by atoms with E-state index in [1.807, 2.05) is 0 Å². The van der Waals surface area contributed by atoms with E-state index >= 15 is 0 Å². The Kier molecular flexibility index (Phi) is 4.05. The molecule has 1 fully saturated rings. The quantitative estimate of drug-likeness (QED) is 0.836. The molecule has 2 aromatic rings. The number of imidazole rings is 1. The van der Waals surface area contributed by atoms with Crippen molar-refractivity contribution in [2.45, 2.75) is 56.8 Å². The van der Waals surface area contributed by atoms with Gasteiger partial charge in [-0.2, -0.15) is 0 Å². The Morgan fingerprint density at radius 2 is 2.11 bits per heavy atom. The van der Waals surface area contributed by atoms with Crippen LogP contribution in [0.2, 0.25) is 0 Å². The van der Waals surface area contributed by atoms with E-state index in [0.717, 1.165) is 42.4 Å². The molecule has 8 heteroatoms. The molecule has 5 rings (SSSR count). The summed E-state index contributed by atoms with van der Waals surface area (Å²) in [6.45, 7) is 2.65. The normalized spacial score (nSPS) is 30.5. The summed E-state index contributed by atoms with van der Waals surface area (Å²) in [5.74, 6) is -0.213. The fraction of sp³-hybridized carbons (Fsp3) is 0.526. The third kappa shape index (κ3) is 2.79. The molecule has 1 unspecified atom stereocenters. The summed E-state index contributed by atoms with van der Waals surface area (Å²) < 4.78 is 35.6. The van der Waals surface area contributed by atoms with Gasteiger partial charge in [-0.25, -0.2) is 13.8 Å². The van der Waals surface area contributed by atoms with Crippen LogP contribution in [0.3, 0.4) is 0 Å². The van der Waals surface area contributed by atoms with Crippen LogP contribution in [0, 0.1) is 11.6 Å². The highest BCUT2D eigenvalue weighted by molar-refractivity contribution is 5.26. The van der Waals surface area contributed by atoms with Gasteiger partial charge in [0.15, 0.2) is 0 Å². The van der Waals surface area contributed by atoms with Gasteiger partial charge in [-0.15, -0.1) is 0 Å². The third-order valence-corrected chi connectivity index (χ3v) is 6.00. The van der Waals surface area contributed by atoms with E-state index in [1.165, 1.54) is 6.07 Å². The zero-order chi connectivity index (χ0) is 18.7. The number of aliphatic hydroxyl groups is 1. The van der Waals surface area contributed by atoms with Crippen molar-refractivity contribution in [3.63, 3.8) is 0 Å². The first-order valence-corrected chi connectivity index (χ1v) is 9.33. The van der Waals surface area contributed by atoms with E-state index in [9.17, 15) is 13.9 Å². The number of hydrogen-bond donors (Lipinski definition) is 2.